The smallest absolute Gasteiger partial charge is 0.321 e. The van der Waals surface area contributed by atoms with Gasteiger partial charge in [-0.05, 0) is 48.0 Å². The van der Waals surface area contributed by atoms with E-state index >= 15 is 0 Å². The number of nitrogens with one attached hydrogen (secondary N) is 1. The third-order valence-electron chi connectivity index (χ3n) is 5.22. The monoisotopic (exact) mass is 390 g/mol. The number of ether oxygens (including phenoxy) is 1. The van der Waals surface area contributed by atoms with E-state index in [2.05, 4.69) is 22.3 Å². The maximum absolute atomic E-state index is 12.7. The molecule has 1 aliphatic rings. The predicted molar refractivity (Wildman–Crippen MR) is 115 cm³/mol. The first-order chi connectivity index (χ1) is 14.2. The van der Waals surface area contributed by atoms with Crippen molar-refractivity contribution in [2.24, 2.45) is 0 Å². The van der Waals surface area contributed by atoms with Crippen LogP contribution in [0.5, 0.6) is 5.75 Å². The van der Waals surface area contributed by atoms with Crippen LogP contribution in [-0.4, -0.2) is 53.7 Å². The molecular formula is C23H26N4O2. The van der Waals surface area contributed by atoms with E-state index in [1.165, 1.54) is 5.56 Å². The molecule has 0 atom stereocenters. The Morgan fingerprint density at radius 3 is 2.38 bits per heavy atom. The SMILES string of the molecule is COc1ccc(CN2CCN(C(=O)Nc3cccc(-n4cccc4)c3)CC2)cc1. The van der Waals surface area contributed by atoms with Gasteiger partial charge in [-0.25, -0.2) is 4.79 Å². The molecule has 0 spiro atoms. The van der Waals surface area contributed by atoms with Gasteiger partial charge in [0, 0.05) is 56.5 Å². The molecule has 1 saturated heterocycles. The van der Waals surface area contributed by atoms with E-state index in [1.807, 2.05) is 70.4 Å². The molecule has 29 heavy (non-hydrogen) atoms. The van der Waals surface area contributed by atoms with Gasteiger partial charge in [-0.3, -0.25) is 4.90 Å². The van der Waals surface area contributed by atoms with Crippen molar-refractivity contribution in [1.29, 1.82) is 0 Å². The minimum absolute atomic E-state index is 0.0428. The summed E-state index contributed by atoms with van der Waals surface area (Å²) in [6.07, 6.45) is 3.98. The number of hydrogen-bond donors (Lipinski definition) is 1. The second-order valence-electron chi connectivity index (χ2n) is 7.18. The maximum Gasteiger partial charge on any atom is 0.321 e. The van der Waals surface area contributed by atoms with E-state index in [4.69, 9.17) is 4.74 Å². The number of anilines is 1. The molecule has 4 rings (SSSR count). The number of carbonyl (C=O) groups excluding carboxylic acids is 1. The van der Waals surface area contributed by atoms with Crippen LogP contribution < -0.4 is 10.1 Å². The van der Waals surface area contributed by atoms with Crippen LogP contribution in [0, 0.1) is 0 Å². The fourth-order valence-corrected chi connectivity index (χ4v) is 3.55. The number of nitrogens with zero attached hydrogens (tertiary/aromatic N) is 3. The van der Waals surface area contributed by atoms with Crippen molar-refractivity contribution < 1.29 is 9.53 Å². The lowest BCUT2D eigenvalue weighted by molar-refractivity contribution is 0.143. The van der Waals surface area contributed by atoms with Crippen LogP contribution in [0.2, 0.25) is 0 Å². The summed E-state index contributed by atoms with van der Waals surface area (Å²) in [5.41, 5.74) is 3.09. The van der Waals surface area contributed by atoms with Gasteiger partial charge in [0.25, 0.3) is 0 Å². The van der Waals surface area contributed by atoms with E-state index in [0.717, 1.165) is 49.8 Å². The zero-order valence-corrected chi connectivity index (χ0v) is 16.6. The third kappa shape index (κ3) is 4.78. The highest BCUT2D eigenvalue weighted by molar-refractivity contribution is 5.89. The molecule has 1 N–H and O–H groups in total. The molecule has 0 saturated carbocycles. The van der Waals surface area contributed by atoms with Gasteiger partial charge in [-0.15, -0.1) is 0 Å². The highest BCUT2D eigenvalue weighted by Gasteiger charge is 2.21. The second kappa shape index (κ2) is 8.84. The normalized spacial score (nSPS) is 14.6. The van der Waals surface area contributed by atoms with E-state index in [1.54, 1.807) is 7.11 Å². The Balaban J connectivity index is 1.29. The summed E-state index contributed by atoms with van der Waals surface area (Å²) >= 11 is 0. The number of amides is 2. The summed E-state index contributed by atoms with van der Waals surface area (Å²) in [7, 11) is 1.68. The predicted octanol–water partition coefficient (Wildman–Crippen LogP) is 3.84. The van der Waals surface area contributed by atoms with Crippen LogP contribution >= 0.6 is 0 Å². The van der Waals surface area contributed by atoms with E-state index in [9.17, 15) is 4.79 Å². The fraction of sp³-hybridized carbons (Fsp3) is 0.261. The Morgan fingerprint density at radius 1 is 0.966 bits per heavy atom. The summed E-state index contributed by atoms with van der Waals surface area (Å²) in [5.74, 6) is 0.871. The molecule has 0 unspecified atom stereocenters. The minimum Gasteiger partial charge on any atom is -0.497 e. The van der Waals surface area contributed by atoms with E-state index in [-0.39, 0.29) is 6.03 Å². The number of benzene rings is 2. The first kappa shape index (κ1) is 19.1. The van der Waals surface area contributed by atoms with Gasteiger partial charge in [0.1, 0.15) is 5.75 Å². The zero-order chi connectivity index (χ0) is 20.1. The summed E-state index contributed by atoms with van der Waals surface area (Å²) in [6, 6.07) is 20.0. The Bertz CT molecular complexity index is 930. The molecule has 1 fully saturated rings. The summed E-state index contributed by atoms with van der Waals surface area (Å²) in [4.78, 5) is 16.9. The number of urea groups is 1. The topological polar surface area (TPSA) is 49.7 Å². The minimum atomic E-state index is -0.0428. The summed E-state index contributed by atoms with van der Waals surface area (Å²) in [5, 5.41) is 3.03. The van der Waals surface area contributed by atoms with Crippen LogP contribution in [0.1, 0.15) is 5.56 Å². The van der Waals surface area contributed by atoms with Crippen molar-refractivity contribution in [2.75, 3.05) is 38.6 Å². The van der Waals surface area contributed by atoms with Crippen molar-refractivity contribution in [3.8, 4) is 11.4 Å². The van der Waals surface area contributed by atoms with E-state index < -0.39 is 0 Å². The molecule has 0 radical (unpaired) electrons. The third-order valence-corrected chi connectivity index (χ3v) is 5.22. The summed E-state index contributed by atoms with van der Waals surface area (Å²) in [6.45, 7) is 4.06. The van der Waals surface area contributed by atoms with Gasteiger partial charge < -0.3 is 19.5 Å². The molecule has 150 valence electrons. The van der Waals surface area contributed by atoms with Crippen molar-refractivity contribution in [3.05, 3.63) is 78.6 Å². The Kier molecular flexibility index (Phi) is 5.81. The van der Waals surface area contributed by atoms with Gasteiger partial charge in [0.15, 0.2) is 0 Å². The maximum atomic E-state index is 12.7. The fourth-order valence-electron chi connectivity index (χ4n) is 3.55. The standard InChI is InChI=1S/C23H26N4O2/c1-29-22-9-7-19(8-10-22)18-25-13-15-27(16-14-25)23(28)24-20-5-4-6-21(17-20)26-11-2-3-12-26/h2-12,17H,13-16,18H2,1H3,(H,24,28). The molecule has 2 aromatic carbocycles. The quantitative estimate of drug-likeness (QED) is 0.720. The molecule has 0 aliphatic carbocycles. The van der Waals surface area contributed by atoms with Gasteiger partial charge in [-0.1, -0.05) is 18.2 Å². The van der Waals surface area contributed by atoms with Crippen LogP contribution in [-0.2, 0) is 6.54 Å². The van der Waals surface area contributed by atoms with Crippen molar-refractivity contribution in [2.45, 2.75) is 6.54 Å². The molecule has 0 bridgehead atoms. The number of carbonyl (C=O) groups is 1. The zero-order valence-electron chi connectivity index (χ0n) is 16.6. The second-order valence-corrected chi connectivity index (χ2v) is 7.18. The van der Waals surface area contributed by atoms with Crippen molar-refractivity contribution >= 4 is 11.7 Å². The molecule has 2 heterocycles. The van der Waals surface area contributed by atoms with Crippen LogP contribution in [0.25, 0.3) is 5.69 Å². The largest absolute Gasteiger partial charge is 0.497 e. The molecule has 1 aromatic heterocycles. The highest BCUT2D eigenvalue weighted by atomic mass is 16.5. The molecule has 1 aliphatic heterocycles. The Morgan fingerprint density at radius 2 is 1.69 bits per heavy atom. The van der Waals surface area contributed by atoms with Crippen LogP contribution in [0.15, 0.2) is 73.1 Å². The average molecular weight is 390 g/mol. The van der Waals surface area contributed by atoms with Gasteiger partial charge in [-0.2, -0.15) is 0 Å². The highest BCUT2D eigenvalue weighted by Crippen LogP contribution is 2.17. The number of piperazine rings is 1. The molecule has 6 nitrogen and oxygen atoms in total. The molecule has 3 aromatic rings. The first-order valence-electron chi connectivity index (χ1n) is 9.86. The number of rotatable bonds is 5. The molecule has 6 heteroatoms. The van der Waals surface area contributed by atoms with Crippen molar-refractivity contribution in [3.63, 3.8) is 0 Å². The van der Waals surface area contributed by atoms with E-state index in [0.29, 0.717) is 0 Å². The van der Waals surface area contributed by atoms with Gasteiger partial charge >= 0.3 is 6.03 Å². The lowest BCUT2D eigenvalue weighted by Crippen LogP contribution is -2.49. The number of methoxy groups -OCH3 is 1. The Labute approximate surface area is 171 Å². The Hall–Kier alpha value is -3.25. The average Bonchev–Trinajstić information content (AvgIpc) is 3.30. The van der Waals surface area contributed by atoms with Gasteiger partial charge in [0.2, 0.25) is 0 Å². The molecular weight excluding hydrogens is 364 g/mol. The summed E-state index contributed by atoms with van der Waals surface area (Å²) < 4.78 is 7.23. The van der Waals surface area contributed by atoms with Crippen LogP contribution in [0.4, 0.5) is 10.5 Å². The van der Waals surface area contributed by atoms with Crippen molar-refractivity contribution in [1.82, 2.24) is 14.4 Å². The number of aromatic nitrogens is 1. The lowest BCUT2D eigenvalue weighted by Gasteiger charge is -2.34. The number of hydrogen-bond acceptors (Lipinski definition) is 3. The van der Waals surface area contributed by atoms with Gasteiger partial charge in [0.05, 0.1) is 7.11 Å². The molecule has 2 amide bonds. The lowest BCUT2D eigenvalue weighted by atomic mass is 10.2. The first-order valence-corrected chi connectivity index (χ1v) is 9.86. The van der Waals surface area contributed by atoms with Crippen LogP contribution in [0.3, 0.4) is 0 Å².